The monoisotopic (exact) mass is 382 g/mol. The number of hydrogen-bond donors (Lipinski definition) is 0. The van der Waals surface area contributed by atoms with Crippen molar-refractivity contribution in [2.24, 2.45) is 0 Å². The van der Waals surface area contributed by atoms with Gasteiger partial charge in [-0.1, -0.05) is 67.6 Å². The summed E-state index contributed by atoms with van der Waals surface area (Å²) < 4.78 is 27.9. The van der Waals surface area contributed by atoms with E-state index in [9.17, 15) is 8.78 Å². The molecule has 0 atom stereocenters. The zero-order chi connectivity index (χ0) is 20.2. The highest BCUT2D eigenvalue weighted by atomic mass is 19.1. The lowest BCUT2D eigenvalue weighted by molar-refractivity contribution is 0.625. The Hall–Kier alpha value is -3.44. The maximum atomic E-state index is 14.6. The van der Waals surface area contributed by atoms with Gasteiger partial charge in [-0.25, -0.2) is 8.78 Å². The maximum Gasteiger partial charge on any atom is 0.139 e. The molecule has 0 aliphatic heterocycles. The SMILES string of the molecule is CCCc1ccc(-c2ccc(C#Cc3ccc4cc(F)ccc4c3)c(F)c2)cc1. The molecule has 2 heteroatoms. The van der Waals surface area contributed by atoms with E-state index in [1.165, 1.54) is 23.8 Å². The molecule has 0 nitrogen and oxygen atoms in total. The largest absolute Gasteiger partial charge is 0.207 e. The van der Waals surface area contributed by atoms with E-state index in [2.05, 4.69) is 30.9 Å². The molecule has 0 heterocycles. The summed E-state index contributed by atoms with van der Waals surface area (Å²) in [4.78, 5) is 0. The molecule has 0 bridgehead atoms. The third-order valence-corrected chi connectivity index (χ3v) is 4.94. The zero-order valence-electron chi connectivity index (χ0n) is 16.2. The smallest absolute Gasteiger partial charge is 0.139 e. The van der Waals surface area contributed by atoms with Crippen LogP contribution in [0.5, 0.6) is 0 Å². The summed E-state index contributed by atoms with van der Waals surface area (Å²) in [5.41, 5.74) is 4.24. The fraction of sp³-hybridized carbons (Fsp3) is 0.111. The molecule has 0 fully saturated rings. The molecule has 4 aromatic rings. The van der Waals surface area contributed by atoms with Crippen molar-refractivity contribution in [1.29, 1.82) is 0 Å². The van der Waals surface area contributed by atoms with E-state index in [4.69, 9.17) is 0 Å². The van der Waals surface area contributed by atoms with Crippen molar-refractivity contribution in [3.8, 4) is 23.0 Å². The summed E-state index contributed by atoms with van der Waals surface area (Å²) in [6.45, 7) is 2.15. The molecule has 4 rings (SSSR count). The summed E-state index contributed by atoms with van der Waals surface area (Å²) in [5.74, 6) is 5.31. The van der Waals surface area contributed by atoms with Gasteiger partial charge < -0.3 is 0 Å². The van der Waals surface area contributed by atoms with Crippen molar-refractivity contribution in [2.45, 2.75) is 19.8 Å². The Bertz CT molecular complexity index is 1230. The second-order valence-electron chi connectivity index (χ2n) is 7.10. The van der Waals surface area contributed by atoms with Crippen molar-refractivity contribution < 1.29 is 8.78 Å². The Morgan fingerprint density at radius 2 is 1.41 bits per heavy atom. The molecule has 0 aliphatic rings. The summed E-state index contributed by atoms with van der Waals surface area (Å²) in [7, 11) is 0. The average Bonchev–Trinajstić information content (AvgIpc) is 2.73. The number of hydrogen-bond acceptors (Lipinski definition) is 0. The van der Waals surface area contributed by atoms with E-state index >= 15 is 0 Å². The molecule has 142 valence electrons. The maximum absolute atomic E-state index is 14.6. The highest BCUT2D eigenvalue weighted by Crippen LogP contribution is 2.23. The zero-order valence-corrected chi connectivity index (χ0v) is 16.2. The number of halogens is 2. The van der Waals surface area contributed by atoms with Gasteiger partial charge in [0, 0.05) is 5.56 Å². The molecular formula is C27H20F2. The van der Waals surface area contributed by atoms with Crippen molar-refractivity contribution in [2.75, 3.05) is 0 Å². The highest BCUT2D eigenvalue weighted by Gasteiger charge is 2.04. The van der Waals surface area contributed by atoms with Gasteiger partial charge in [-0.15, -0.1) is 0 Å². The van der Waals surface area contributed by atoms with Crippen LogP contribution < -0.4 is 0 Å². The first-order valence-electron chi connectivity index (χ1n) is 9.72. The molecule has 0 amide bonds. The molecule has 0 unspecified atom stereocenters. The molecular weight excluding hydrogens is 362 g/mol. The minimum absolute atomic E-state index is 0.265. The van der Waals surface area contributed by atoms with Gasteiger partial charge in [-0.05, 0) is 70.3 Å². The quantitative estimate of drug-likeness (QED) is 0.330. The Morgan fingerprint density at radius 3 is 2.17 bits per heavy atom. The number of fused-ring (bicyclic) bond motifs is 1. The van der Waals surface area contributed by atoms with Crippen LogP contribution in [-0.4, -0.2) is 0 Å². The Labute approximate surface area is 169 Å². The first-order valence-corrected chi connectivity index (χ1v) is 9.72. The molecule has 0 saturated heterocycles. The van der Waals surface area contributed by atoms with Gasteiger partial charge in [-0.3, -0.25) is 0 Å². The van der Waals surface area contributed by atoms with Gasteiger partial charge >= 0.3 is 0 Å². The second-order valence-corrected chi connectivity index (χ2v) is 7.10. The van der Waals surface area contributed by atoms with Crippen LogP contribution in [0.2, 0.25) is 0 Å². The van der Waals surface area contributed by atoms with E-state index in [1.807, 2.05) is 36.4 Å². The van der Waals surface area contributed by atoms with Crippen molar-refractivity contribution in [3.63, 3.8) is 0 Å². The Balaban J connectivity index is 1.58. The minimum atomic E-state index is -0.338. The number of aryl methyl sites for hydroxylation is 1. The summed E-state index contributed by atoms with van der Waals surface area (Å²) in [6.07, 6.45) is 2.16. The van der Waals surface area contributed by atoms with Crippen LogP contribution in [0.3, 0.4) is 0 Å². The van der Waals surface area contributed by atoms with E-state index in [1.54, 1.807) is 12.1 Å². The predicted octanol–water partition coefficient (Wildman–Crippen LogP) is 7.14. The van der Waals surface area contributed by atoms with Crippen LogP contribution in [-0.2, 0) is 6.42 Å². The average molecular weight is 382 g/mol. The van der Waals surface area contributed by atoms with Crippen LogP contribution in [0, 0.1) is 23.5 Å². The highest BCUT2D eigenvalue weighted by molar-refractivity contribution is 5.84. The lowest BCUT2D eigenvalue weighted by atomic mass is 10.0. The molecule has 0 aromatic heterocycles. The van der Waals surface area contributed by atoms with E-state index < -0.39 is 0 Å². The first kappa shape index (κ1) is 18.9. The Morgan fingerprint density at radius 1 is 0.690 bits per heavy atom. The predicted molar refractivity (Wildman–Crippen MR) is 116 cm³/mol. The fourth-order valence-electron chi connectivity index (χ4n) is 3.38. The molecule has 0 saturated carbocycles. The molecule has 29 heavy (non-hydrogen) atoms. The van der Waals surface area contributed by atoms with Gasteiger partial charge in [-0.2, -0.15) is 0 Å². The molecule has 0 N–H and O–H groups in total. The first-order chi connectivity index (χ1) is 14.1. The van der Waals surface area contributed by atoms with Crippen LogP contribution in [0.15, 0.2) is 78.9 Å². The molecule has 0 spiro atoms. The van der Waals surface area contributed by atoms with Crippen molar-refractivity contribution in [3.05, 3.63) is 107 Å². The minimum Gasteiger partial charge on any atom is -0.207 e. The van der Waals surface area contributed by atoms with Gasteiger partial charge in [0.1, 0.15) is 11.6 Å². The van der Waals surface area contributed by atoms with Crippen LogP contribution in [0.25, 0.3) is 21.9 Å². The van der Waals surface area contributed by atoms with E-state index in [0.717, 1.165) is 40.3 Å². The third kappa shape index (κ3) is 4.36. The molecule has 0 aliphatic carbocycles. The van der Waals surface area contributed by atoms with Crippen molar-refractivity contribution >= 4 is 10.8 Å². The van der Waals surface area contributed by atoms with Crippen molar-refractivity contribution in [1.82, 2.24) is 0 Å². The van der Waals surface area contributed by atoms with Crippen LogP contribution in [0.4, 0.5) is 8.78 Å². The molecule has 0 radical (unpaired) electrons. The Kier molecular flexibility index (Phi) is 5.40. The molecule has 4 aromatic carbocycles. The second kappa shape index (κ2) is 8.29. The standard InChI is InChI=1S/C27H20F2/c1-2-3-19-4-8-21(9-5-19)25-13-12-22(27(29)18-25)10-6-20-7-11-24-17-26(28)15-14-23(24)16-20/h4-5,7-9,11-18H,2-3H2,1H3. The van der Waals surface area contributed by atoms with Gasteiger partial charge in [0.15, 0.2) is 0 Å². The summed E-state index contributed by atoms with van der Waals surface area (Å²) in [5, 5.41) is 1.72. The van der Waals surface area contributed by atoms with Gasteiger partial charge in [0.25, 0.3) is 0 Å². The van der Waals surface area contributed by atoms with E-state index in [-0.39, 0.29) is 11.6 Å². The van der Waals surface area contributed by atoms with Gasteiger partial charge in [0.05, 0.1) is 5.56 Å². The van der Waals surface area contributed by atoms with E-state index in [0.29, 0.717) is 5.56 Å². The number of benzene rings is 4. The lowest BCUT2D eigenvalue weighted by Gasteiger charge is -2.05. The topological polar surface area (TPSA) is 0 Å². The fourth-order valence-corrected chi connectivity index (χ4v) is 3.38. The van der Waals surface area contributed by atoms with Gasteiger partial charge in [0.2, 0.25) is 0 Å². The lowest BCUT2D eigenvalue weighted by Crippen LogP contribution is -1.88. The normalized spacial score (nSPS) is 10.6. The van der Waals surface area contributed by atoms with Crippen LogP contribution >= 0.6 is 0 Å². The summed E-state index contributed by atoms with van der Waals surface area (Å²) >= 11 is 0. The summed E-state index contributed by atoms with van der Waals surface area (Å²) in [6, 6.07) is 23.5. The van der Waals surface area contributed by atoms with Crippen LogP contribution in [0.1, 0.15) is 30.0 Å². The number of rotatable bonds is 3. The third-order valence-electron chi connectivity index (χ3n) is 4.94.